The zero-order valence-electron chi connectivity index (χ0n) is 31.1. The first kappa shape index (κ1) is 34.9. The number of benzene rings is 7. The predicted octanol–water partition coefficient (Wildman–Crippen LogP) is 12.2. The van der Waals surface area contributed by atoms with Crippen LogP contribution in [-0.2, 0) is 0 Å². The lowest BCUT2D eigenvalue weighted by Gasteiger charge is -2.14. The zero-order chi connectivity index (χ0) is 38.6. The number of rotatable bonds is 8. The van der Waals surface area contributed by atoms with Gasteiger partial charge in [0.2, 0.25) is 0 Å². The highest BCUT2D eigenvalue weighted by Gasteiger charge is 2.17. The van der Waals surface area contributed by atoms with E-state index in [-0.39, 0.29) is 0 Å². The lowest BCUT2D eigenvalue weighted by molar-refractivity contribution is 1.07. The molecule has 2 aromatic heterocycles. The molecule has 9 rings (SSSR count). The van der Waals surface area contributed by atoms with Crippen molar-refractivity contribution in [1.29, 1.82) is 5.26 Å². The number of hydrogen-bond acceptors (Lipinski definition) is 6. The minimum absolute atomic E-state index is 0.581. The lowest BCUT2D eigenvalue weighted by atomic mass is 9.94. The first-order valence-corrected chi connectivity index (χ1v) is 18.7. The van der Waals surface area contributed by atoms with E-state index in [0.717, 1.165) is 72.6 Å². The molecule has 0 aliphatic rings. The molecule has 0 N–H and O–H groups in total. The fraction of sp³-hybridized carbons (Fsp3) is 0.0196. The Bertz CT molecular complexity index is 2750. The van der Waals surface area contributed by atoms with Crippen LogP contribution in [0.5, 0.6) is 0 Å². The van der Waals surface area contributed by atoms with E-state index in [1.807, 2.05) is 133 Å². The Labute approximate surface area is 331 Å². The monoisotopic (exact) mass is 730 g/mol. The van der Waals surface area contributed by atoms with Crippen molar-refractivity contribution in [2.24, 2.45) is 0 Å². The summed E-state index contributed by atoms with van der Waals surface area (Å²) in [4.78, 5) is 24.7. The maximum Gasteiger partial charge on any atom is 0.164 e. The molecule has 0 atom stereocenters. The van der Waals surface area contributed by atoms with Gasteiger partial charge in [0.05, 0.1) is 23.0 Å². The van der Waals surface area contributed by atoms with Gasteiger partial charge in [0.25, 0.3) is 0 Å². The Morgan fingerprint density at radius 3 is 1.09 bits per heavy atom. The summed E-state index contributed by atoms with van der Waals surface area (Å²) in [7, 11) is 0. The van der Waals surface area contributed by atoms with Crippen LogP contribution in [0, 0.1) is 18.3 Å². The first-order valence-electron chi connectivity index (χ1n) is 18.7. The predicted molar refractivity (Wildman–Crippen MR) is 228 cm³/mol. The highest BCUT2D eigenvalue weighted by molar-refractivity contribution is 5.80. The number of nitriles is 1. The minimum Gasteiger partial charge on any atom is -0.228 e. The van der Waals surface area contributed by atoms with Crippen molar-refractivity contribution in [2.75, 3.05) is 0 Å². The van der Waals surface area contributed by atoms with Crippen LogP contribution >= 0.6 is 0 Å². The third-order valence-electron chi connectivity index (χ3n) is 10.0. The molecule has 0 fully saturated rings. The third-order valence-corrected chi connectivity index (χ3v) is 10.0. The molecule has 57 heavy (non-hydrogen) atoms. The molecule has 6 heteroatoms. The smallest absolute Gasteiger partial charge is 0.164 e. The largest absolute Gasteiger partial charge is 0.228 e. The van der Waals surface area contributed by atoms with Gasteiger partial charge >= 0.3 is 0 Å². The summed E-state index contributed by atoms with van der Waals surface area (Å²) in [6.07, 6.45) is 0. The van der Waals surface area contributed by atoms with Gasteiger partial charge in [0.1, 0.15) is 0 Å². The van der Waals surface area contributed by atoms with Gasteiger partial charge in [-0.25, -0.2) is 24.9 Å². The molecule has 0 radical (unpaired) electrons. The molecular formula is C51H34N6. The van der Waals surface area contributed by atoms with Gasteiger partial charge in [-0.15, -0.1) is 0 Å². The van der Waals surface area contributed by atoms with Crippen LogP contribution in [-0.4, -0.2) is 24.9 Å². The summed E-state index contributed by atoms with van der Waals surface area (Å²) in [6.45, 7) is 2.08. The Morgan fingerprint density at radius 1 is 0.333 bits per heavy atom. The maximum atomic E-state index is 10.3. The number of hydrogen-bond donors (Lipinski definition) is 0. The quantitative estimate of drug-likeness (QED) is 0.155. The van der Waals surface area contributed by atoms with Crippen molar-refractivity contribution in [3.05, 3.63) is 199 Å². The second kappa shape index (κ2) is 15.5. The van der Waals surface area contributed by atoms with Gasteiger partial charge < -0.3 is 0 Å². The average molecular weight is 731 g/mol. The molecule has 0 saturated heterocycles. The molecule has 0 spiro atoms. The van der Waals surface area contributed by atoms with E-state index in [1.165, 1.54) is 0 Å². The fourth-order valence-corrected chi connectivity index (χ4v) is 7.02. The molecule has 2 heterocycles. The Morgan fingerprint density at radius 2 is 0.667 bits per heavy atom. The van der Waals surface area contributed by atoms with E-state index < -0.39 is 0 Å². The summed E-state index contributed by atoms with van der Waals surface area (Å²) in [5.41, 5.74) is 12.9. The average Bonchev–Trinajstić information content (AvgIpc) is 3.30. The molecule has 0 amide bonds. The minimum atomic E-state index is 0.581. The second-order valence-electron chi connectivity index (χ2n) is 13.7. The zero-order valence-corrected chi connectivity index (χ0v) is 31.1. The molecule has 6 nitrogen and oxygen atoms in total. The first-order chi connectivity index (χ1) is 28.1. The second-order valence-corrected chi connectivity index (χ2v) is 13.7. The Hall–Kier alpha value is -7.88. The normalized spacial score (nSPS) is 10.9. The van der Waals surface area contributed by atoms with Crippen LogP contribution in [0.3, 0.4) is 0 Å². The van der Waals surface area contributed by atoms with Gasteiger partial charge in [-0.3, -0.25) is 0 Å². The van der Waals surface area contributed by atoms with Crippen LogP contribution < -0.4 is 0 Å². The van der Waals surface area contributed by atoms with E-state index in [2.05, 4.69) is 67.6 Å². The van der Waals surface area contributed by atoms with Crippen LogP contribution in [0.25, 0.3) is 90.3 Å². The Balaban J connectivity index is 1.01. The fourth-order valence-electron chi connectivity index (χ4n) is 7.02. The van der Waals surface area contributed by atoms with Crippen molar-refractivity contribution in [1.82, 2.24) is 24.9 Å². The van der Waals surface area contributed by atoms with E-state index in [1.54, 1.807) is 0 Å². The summed E-state index contributed by atoms with van der Waals surface area (Å²) in [6, 6.07) is 65.1. The molecule has 268 valence electrons. The van der Waals surface area contributed by atoms with Crippen LogP contribution in [0.15, 0.2) is 188 Å². The van der Waals surface area contributed by atoms with E-state index >= 15 is 0 Å². The van der Waals surface area contributed by atoms with Gasteiger partial charge in [-0.1, -0.05) is 182 Å². The van der Waals surface area contributed by atoms with Crippen molar-refractivity contribution in [3.63, 3.8) is 0 Å². The molecule has 9 aromatic rings. The Kier molecular flexibility index (Phi) is 9.46. The standard InChI is InChI=1S/C51H34N6/c1-34-46(37-14-6-2-7-15-37)53-48(54-47(34)38-16-8-3-9-17-38)41-26-22-35(23-27-41)43-30-31-45(44(32-43)33-52)36-24-28-42(29-25-36)51-56-49(39-18-10-4-11-19-39)55-50(57-51)40-20-12-5-13-21-40/h2-32H,1H3. The van der Waals surface area contributed by atoms with Crippen LogP contribution in [0.2, 0.25) is 0 Å². The van der Waals surface area contributed by atoms with Crippen LogP contribution in [0.4, 0.5) is 0 Å². The topological polar surface area (TPSA) is 88.2 Å². The highest BCUT2D eigenvalue weighted by atomic mass is 15.0. The summed E-state index contributed by atoms with van der Waals surface area (Å²) in [5.74, 6) is 2.46. The van der Waals surface area contributed by atoms with Gasteiger partial charge in [0, 0.05) is 38.9 Å². The molecule has 0 saturated carbocycles. The van der Waals surface area contributed by atoms with Crippen molar-refractivity contribution < 1.29 is 0 Å². The summed E-state index contributed by atoms with van der Waals surface area (Å²) >= 11 is 0. The van der Waals surface area contributed by atoms with Gasteiger partial charge in [-0.2, -0.15) is 5.26 Å². The van der Waals surface area contributed by atoms with E-state index in [0.29, 0.717) is 28.9 Å². The highest BCUT2D eigenvalue weighted by Crippen LogP contribution is 2.34. The van der Waals surface area contributed by atoms with Gasteiger partial charge in [-0.05, 0) is 35.2 Å². The molecule has 0 aliphatic carbocycles. The molecule has 7 aromatic carbocycles. The molecule has 0 unspecified atom stereocenters. The summed E-state index contributed by atoms with van der Waals surface area (Å²) in [5, 5.41) is 10.3. The SMILES string of the molecule is Cc1c(-c2ccccc2)nc(-c2ccc(-c3ccc(-c4ccc(-c5nc(-c6ccccc6)nc(-c6ccccc6)n5)cc4)c(C#N)c3)cc2)nc1-c1ccccc1. The third kappa shape index (κ3) is 7.21. The maximum absolute atomic E-state index is 10.3. The van der Waals surface area contributed by atoms with Crippen molar-refractivity contribution in [3.8, 4) is 96.4 Å². The molecular weight excluding hydrogens is 697 g/mol. The van der Waals surface area contributed by atoms with Crippen molar-refractivity contribution in [2.45, 2.75) is 6.92 Å². The van der Waals surface area contributed by atoms with E-state index in [4.69, 9.17) is 24.9 Å². The van der Waals surface area contributed by atoms with Crippen LogP contribution in [0.1, 0.15) is 11.1 Å². The molecule has 0 bridgehead atoms. The van der Waals surface area contributed by atoms with E-state index in [9.17, 15) is 5.26 Å². The van der Waals surface area contributed by atoms with Crippen molar-refractivity contribution >= 4 is 0 Å². The van der Waals surface area contributed by atoms with Gasteiger partial charge in [0.15, 0.2) is 23.3 Å². The molecule has 0 aliphatic heterocycles. The summed E-state index contributed by atoms with van der Waals surface area (Å²) < 4.78 is 0. The number of nitrogens with zero attached hydrogens (tertiary/aromatic N) is 6. The number of aromatic nitrogens is 5. The lowest BCUT2D eigenvalue weighted by Crippen LogP contribution is -2.00.